The van der Waals surface area contributed by atoms with Gasteiger partial charge in [0.25, 0.3) is 11.7 Å². The van der Waals surface area contributed by atoms with E-state index >= 15 is 0 Å². The first-order chi connectivity index (χ1) is 10.1. The Morgan fingerprint density at radius 3 is 2.62 bits per heavy atom. The number of benzene rings is 1. The van der Waals surface area contributed by atoms with Gasteiger partial charge in [-0.05, 0) is 43.2 Å². The molecule has 2 heterocycles. The van der Waals surface area contributed by atoms with Crippen molar-refractivity contribution in [3.63, 3.8) is 0 Å². The Kier molecular flexibility index (Phi) is 3.29. The molecule has 21 heavy (non-hydrogen) atoms. The molecule has 106 valence electrons. The molecule has 0 saturated carbocycles. The van der Waals surface area contributed by atoms with E-state index in [-0.39, 0.29) is 0 Å². The lowest BCUT2D eigenvalue weighted by Crippen LogP contribution is -2.32. The Balaban J connectivity index is 1.92. The summed E-state index contributed by atoms with van der Waals surface area (Å²) in [5.74, 6) is -0.844. The summed E-state index contributed by atoms with van der Waals surface area (Å²) in [4.78, 5) is 30.1. The number of carbonyl (C=O) groups is 2. The molecule has 2 aromatic rings. The van der Waals surface area contributed by atoms with Gasteiger partial charge in [0, 0.05) is 24.9 Å². The molecule has 0 unspecified atom stereocenters. The number of amides is 1. The zero-order valence-corrected chi connectivity index (χ0v) is 12.1. The van der Waals surface area contributed by atoms with Crippen molar-refractivity contribution in [1.29, 1.82) is 0 Å². The highest BCUT2D eigenvalue weighted by atomic mass is 16.2. The number of carbonyl (C=O) groups excluding carboxylic acids is 2. The quantitative estimate of drug-likeness (QED) is 0.812. The van der Waals surface area contributed by atoms with Gasteiger partial charge in [0.05, 0.1) is 11.3 Å². The van der Waals surface area contributed by atoms with E-state index in [1.165, 1.54) is 0 Å². The zero-order chi connectivity index (χ0) is 15.0. The zero-order valence-electron chi connectivity index (χ0n) is 12.1. The molecule has 1 amide bonds. The molecule has 0 spiro atoms. The SMILES string of the molecule is Cc1ccc2c(c1C)N(CCc1ccccn1)C(=O)C2=O. The van der Waals surface area contributed by atoms with E-state index in [4.69, 9.17) is 0 Å². The highest BCUT2D eigenvalue weighted by molar-refractivity contribution is 6.52. The lowest BCUT2D eigenvalue weighted by molar-refractivity contribution is -0.114. The fourth-order valence-corrected chi connectivity index (χ4v) is 2.66. The summed E-state index contributed by atoms with van der Waals surface area (Å²) >= 11 is 0. The minimum atomic E-state index is -0.436. The Hall–Kier alpha value is -2.49. The maximum absolute atomic E-state index is 12.2. The van der Waals surface area contributed by atoms with Crippen LogP contribution >= 0.6 is 0 Å². The molecule has 1 aromatic carbocycles. The lowest BCUT2D eigenvalue weighted by Gasteiger charge is -2.19. The molecule has 1 aromatic heterocycles. The lowest BCUT2D eigenvalue weighted by atomic mass is 10.0. The number of aromatic nitrogens is 1. The number of pyridine rings is 1. The molecule has 0 fully saturated rings. The number of nitrogens with zero attached hydrogens (tertiary/aromatic N) is 2. The van der Waals surface area contributed by atoms with E-state index in [2.05, 4.69) is 4.98 Å². The predicted molar refractivity (Wildman–Crippen MR) is 80.5 cm³/mol. The van der Waals surface area contributed by atoms with Crippen LogP contribution in [0.4, 0.5) is 5.69 Å². The fraction of sp³-hybridized carbons (Fsp3) is 0.235. The number of aryl methyl sites for hydroxylation is 1. The van der Waals surface area contributed by atoms with Crippen molar-refractivity contribution in [3.05, 3.63) is 58.9 Å². The Labute approximate surface area is 123 Å². The van der Waals surface area contributed by atoms with E-state index in [0.29, 0.717) is 18.5 Å². The van der Waals surface area contributed by atoms with Gasteiger partial charge in [-0.1, -0.05) is 12.1 Å². The number of ketones is 1. The fourth-order valence-electron chi connectivity index (χ4n) is 2.66. The minimum Gasteiger partial charge on any atom is -0.304 e. The minimum absolute atomic E-state index is 0.408. The number of hydrogen-bond donors (Lipinski definition) is 0. The van der Waals surface area contributed by atoms with Crippen LogP contribution in [0.15, 0.2) is 36.5 Å². The molecular formula is C17H16N2O2. The molecule has 3 rings (SSSR count). The molecule has 0 aliphatic carbocycles. The topological polar surface area (TPSA) is 50.3 Å². The molecule has 0 atom stereocenters. The monoisotopic (exact) mass is 280 g/mol. The molecular weight excluding hydrogens is 264 g/mol. The number of anilines is 1. The van der Waals surface area contributed by atoms with Gasteiger partial charge in [0.1, 0.15) is 0 Å². The van der Waals surface area contributed by atoms with E-state index in [0.717, 1.165) is 22.5 Å². The number of rotatable bonds is 3. The van der Waals surface area contributed by atoms with Gasteiger partial charge in [0.2, 0.25) is 0 Å². The molecule has 0 N–H and O–H groups in total. The number of fused-ring (bicyclic) bond motifs is 1. The first-order valence-electron chi connectivity index (χ1n) is 6.96. The van der Waals surface area contributed by atoms with Crippen molar-refractivity contribution in [2.75, 3.05) is 11.4 Å². The molecule has 0 saturated heterocycles. The first kappa shape index (κ1) is 13.5. The summed E-state index contributed by atoms with van der Waals surface area (Å²) in [5, 5.41) is 0. The third-order valence-corrected chi connectivity index (χ3v) is 3.97. The van der Waals surface area contributed by atoms with Crippen LogP contribution in [0.5, 0.6) is 0 Å². The van der Waals surface area contributed by atoms with Crippen LogP contribution in [0.25, 0.3) is 0 Å². The Morgan fingerprint density at radius 1 is 1.10 bits per heavy atom. The van der Waals surface area contributed by atoms with Crippen LogP contribution < -0.4 is 4.90 Å². The van der Waals surface area contributed by atoms with Gasteiger partial charge in [-0.15, -0.1) is 0 Å². The number of Topliss-reactive ketones (excluding diaryl/α,β-unsaturated/α-hetero) is 1. The van der Waals surface area contributed by atoms with Crippen molar-refractivity contribution in [2.45, 2.75) is 20.3 Å². The van der Waals surface area contributed by atoms with Gasteiger partial charge in [0.15, 0.2) is 0 Å². The van der Waals surface area contributed by atoms with Gasteiger partial charge < -0.3 is 4.90 Å². The van der Waals surface area contributed by atoms with Crippen molar-refractivity contribution in [2.24, 2.45) is 0 Å². The summed E-state index contributed by atoms with van der Waals surface area (Å²) in [6, 6.07) is 9.34. The summed E-state index contributed by atoms with van der Waals surface area (Å²) in [6.45, 7) is 4.41. The van der Waals surface area contributed by atoms with Crippen molar-refractivity contribution >= 4 is 17.4 Å². The maximum atomic E-state index is 12.2. The van der Waals surface area contributed by atoms with Crippen LogP contribution in [0.1, 0.15) is 27.2 Å². The highest BCUT2D eigenvalue weighted by Gasteiger charge is 2.36. The average molecular weight is 280 g/mol. The summed E-state index contributed by atoms with van der Waals surface area (Å²) in [7, 11) is 0. The van der Waals surface area contributed by atoms with Crippen molar-refractivity contribution < 1.29 is 9.59 Å². The standard InChI is InChI=1S/C17H16N2O2/c1-11-6-7-14-15(12(11)2)19(17(21)16(14)20)10-8-13-5-3-4-9-18-13/h3-7,9H,8,10H2,1-2H3. The molecule has 1 aliphatic rings. The maximum Gasteiger partial charge on any atom is 0.299 e. The average Bonchev–Trinajstić information content (AvgIpc) is 2.75. The first-order valence-corrected chi connectivity index (χ1v) is 6.96. The third kappa shape index (κ3) is 2.23. The largest absolute Gasteiger partial charge is 0.304 e. The summed E-state index contributed by atoms with van der Waals surface area (Å²) in [5.41, 5.74) is 4.27. The Morgan fingerprint density at radius 2 is 1.90 bits per heavy atom. The second-order valence-corrected chi connectivity index (χ2v) is 5.26. The molecule has 4 nitrogen and oxygen atoms in total. The van der Waals surface area contributed by atoms with E-state index in [1.807, 2.05) is 38.1 Å². The molecule has 0 bridgehead atoms. The van der Waals surface area contributed by atoms with Crippen LogP contribution in [0.2, 0.25) is 0 Å². The van der Waals surface area contributed by atoms with Crippen LogP contribution in [-0.4, -0.2) is 23.2 Å². The van der Waals surface area contributed by atoms with E-state index in [1.54, 1.807) is 17.2 Å². The second-order valence-electron chi connectivity index (χ2n) is 5.26. The summed E-state index contributed by atoms with van der Waals surface area (Å²) in [6.07, 6.45) is 2.36. The summed E-state index contributed by atoms with van der Waals surface area (Å²) < 4.78 is 0. The van der Waals surface area contributed by atoms with E-state index < -0.39 is 11.7 Å². The van der Waals surface area contributed by atoms with Crippen molar-refractivity contribution in [3.8, 4) is 0 Å². The van der Waals surface area contributed by atoms with Gasteiger partial charge in [-0.3, -0.25) is 14.6 Å². The third-order valence-electron chi connectivity index (χ3n) is 3.97. The molecule has 1 aliphatic heterocycles. The van der Waals surface area contributed by atoms with Gasteiger partial charge in [-0.2, -0.15) is 0 Å². The van der Waals surface area contributed by atoms with Crippen LogP contribution in [0, 0.1) is 13.8 Å². The Bertz CT molecular complexity index is 723. The van der Waals surface area contributed by atoms with Crippen LogP contribution in [0.3, 0.4) is 0 Å². The second kappa shape index (κ2) is 5.13. The molecule has 0 radical (unpaired) electrons. The highest BCUT2D eigenvalue weighted by Crippen LogP contribution is 2.34. The van der Waals surface area contributed by atoms with E-state index in [9.17, 15) is 9.59 Å². The normalized spacial score (nSPS) is 13.7. The number of hydrogen-bond acceptors (Lipinski definition) is 3. The smallest absolute Gasteiger partial charge is 0.299 e. The van der Waals surface area contributed by atoms with Gasteiger partial charge >= 0.3 is 0 Å². The predicted octanol–water partition coefficient (Wildman–Crippen LogP) is 2.47. The van der Waals surface area contributed by atoms with Crippen LogP contribution in [-0.2, 0) is 11.2 Å². The van der Waals surface area contributed by atoms with Gasteiger partial charge in [-0.25, -0.2) is 0 Å². The van der Waals surface area contributed by atoms with Crippen molar-refractivity contribution in [1.82, 2.24) is 4.98 Å². The molecule has 4 heteroatoms.